The van der Waals surface area contributed by atoms with Crippen LogP contribution in [0.4, 0.5) is 0 Å². The highest BCUT2D eigenvalue weighted by molar-refractivity contribution is 7.53. The summed E-state index contributed by atoms with van der Waals surface area (Å²) in [4.78, 5) is 0. The molecule has 20 heavy (non-hydrogen) atoms. The third-order valence-corrected chi connectivity index (χ3v) is 5.60. The van der Waals surface area contributed by atoms with Gasteiger partial charge in [-0.05, 0) is 25.2 Å². The van der Waals surface area contributed by atoms with Gasteiger partial charge in [0.2, 0.25) is 0 Å². The zero-order valence-electron chi connectivity index (χ0n) is 14.0. The first kappa shape index (κ1) is 20.1. The van der Waals surface area contributed by atoms with Gasteiger partial charge < -0.3 is 9.05 Å². The van der Waals surface area contributed by atoms with Crippen LogP contribution >= 0.6 is 7.60 Å². The summed E-state index contributed by atoms with van der Waals surface area (Å²) in [7, 11) is -2.86. The standard InChI is InChI=1S/C16H35O3P/c1-5-9-12-16(8-4)15-19-20(17,14-11-7-3)18-13-10-6-2/h16H,5-15H2,1-4H3. The summed E-state index contributed by atoms with van der Waals surface area (Å²) in [5.41, 5.74) is 0. The Morgan fingerprint density at radius 1 is 0.900 bits per heavy atom. The maximum atomic E-state index is 12.7. The van der Waals surface area contributed by atoms with Crippen LogP contribution in [-0.4, -0.2) is 19.4 Å². The van der Waals surface area contributed by atoms with E-state index in [1.54, 1.807) is 0 Å². The van der Waals surface area contributed by atoms with Crippen LogP contribution in [0.1, 0.15) is 79.1 Å². The van der Waals surface area contributed by atoms with Crippen molar-refractivity contribution in [2.75, 3.05) is 19.4 Å². The van der Waals surface area contributed by atoms with Gasteiger partial charge in [0.25, 0.3) is 0 Å². The van der Waals surface area contributed by atoms with Gasteiger partial charge in [0.1, 0.15) is 0 Å². The van der Waals surface area contributed by atoms with Crippen LogP contribution < -0.4 is 0 Å². The average Bonchev–Trinajstić information content (AvgIpc) is 2.46. The lowest BCUT2D eigenvalue weighted by molar-refractivity contribution is 0.170. The minimum atomic E-state index is -2.86. The number of rotatable bonds is 14. The predicted octanol–water partition coefficient (Wildman–Crippen LogP) is 6.03. The molecule has 0 N–H and O–H groups in total. The minimum absolute atomic E-state index is 0.514. The van der Waals surface area contributed by atoms with E-state index >= 15 is 0 Å². The Labute approximate surface area is 126 Å². The SMILES string of the molecule is CCCCOP(=O)(CCCC)OCC(CC)CCCC. The van der Waals surface area contributed by atoms with E-state index in [0.717, 1.165) is 38.5 Å². The fourth-order valence-electron chi connectivity index (χ4n) is 1.98. The predicted molar refractivity (Wildman–Crippen MR) is 87.5 cm³/mol. The monoisotopic (exact) mass is 306 g/mol. The summed E-state index contributed by atoms with van der Waals surface area (Å²) in [6.45, 7) is 9.74. The first-order chi connectivity index (χ1) is 9.61. The van der Waals surface area contributed by atoms with E-state index in [0.29, 0.717) is 25.3 Å². The van der Waals surface area contributed by atoms with E-state index in [9.17, 15) is 4.57 Å². The molecule has 3 nitrogen and oxygen atoms in total. The fourth-order valence-corrected chi connectivity index (χ4v) is 3.86. The molecular weight excluding hydrogens is 271 g/mol. The summed E-state index contributed by atoms with van der Waals surface area (Å²) in [6.07, 6.45) is 9.19. The van der Waals surface area contributed by atoms with Crippen LogP contribution in [0.15, 0.2) is 0 Å². The first-order valence-corrected chi connectivity index (χ1v) is 10.2. The fraction of sp³-hybridized carbons (Fsp3) is 1.00. The van der Waals surface area contributed by atoms with Crippen molar-refractivity contribution >= 4 is 7.60 Å². The van der Waals surface area contributed by atoms with Gasteiger partial charge in [-0.3, -0.25) is 4.57 Å². The molecular formula is C16H35O3P. The quantitative estimate of drug-likeness (QED) is 0.290. The van der Waals surface area contributed by atoms with E-state index in [4.69, 9.17) is 9.05 Å². The van der Waals surface area contributed by atoms with Crippen LogP contribution in [0.3, 0.4) is 0 Å². The maximum absolute atomic E-state index is 12.7. The van der Waals surface area contributed by atoms with E-state index in [-0.39, 0.29) is 0 Å². The van der Waals surface area contributed by atoms with Crippen molar-refractivity contribution in [1.82, 2.24) is 0 Å². The second-order valence-corrected chi connectivity index (χ2v) is 7.77. The molecule has 0 heterocycles. The van der Waals surface area contributed by atoms with Gasteiger partial charge in [0, 0.05) is 0 Å². The molecule has 0 aliphatic heterocycles. The second kappa shape index (κ2) is 12.9. The zero-order chi connectivity index (χ0) is 15.3. The molecule has 122 valence electrons. The average molecular weight is 306 g/mol. The highest BCUT2D eigenvalue weighted by Crippen LogP contribution is 2.49. The molecule has 0 bridgehead atoms. The van der Waals surface area contributed by atoms with Gasteiger partial charge in [0.05, 0.1) is 19.4 Å². The van der Waals surface area contributed by atoms with Crippen molar-refractivity contribution in [2.45, 2.75) is 79.1 Å². The Morgan fingerprint density at radius 2 is 1.55 bits per heavy atom. The Morgan fingerprint density at radius 3 is 2.10 bits per heavy atom. The third-order valence-electron chi connectivity index (χ3n) is 3.62. The lowest BCUT2D eigenvalue weighted by Gasteiger charge is -2.22. The van der Waals surface area contributed by atoms with Crippen molar-refractivity contribution in [2.24, 2.45) is 5.92 Å². The van der Waals surface area contributed by atoms with Gasteiger partial charge in [-0.15, -0.1) is 0 Å². The largest absolute Gasteiger partial charge is 0.330 e. The Balaban J connectivity index is 4.27. The lowest BCUT2D eigenvalue weighted by Crippen LogP contribution is -2.10. The van der Waals surface area contributed by atoms with Crippen LogP contribution in [-0.2, 0) is 13.6 Å². The van der Waals surface area contributed by atoms with Crippen molar-refractivity contribution < 1.29 is 13.6 Å². The molecule has 0 aromatic carbocycles. The van der Waals surface area contributed by atoms with Gasteiger partial charge in [-0.2, -0.15) is 0 Å². The Hall–Kier alpha value is 0.150. The third kappa shape index (κ3) is 9.96. The highest BCUT2D eigenvalue weighted by atomic mass is 31.2. The van der Waals surface area contributed by atoms with E-state index in [1.807, 2.05) is 0 Å². The first-order valence-electron chi connectivity index (χ1n) is 8.49. The molecule has 0 fully saturated rings. The summed E-state index contributed by atoms with van der Waals surface area (Å²) in [6, 6.07) is 0. The molecule has 2 atom stereocenters. The maximum Gasteiger partial charge on any atom is 0.330 e. The van der Waals surface area contributed by atoms with Gasteiger partial charge in [-0.1, -0.05) is 59.8 Å². The van der Waals surface area contributed by atoms with Crippen molar-refractivity contribution in [3.05, 3.63) is 0 Å². The molecule has 0 aromatic rings. The van der Waals surface area contributed by atoms with E-state index < -0.39 is 7.60 Å². The summed E-state index contributed by atoms with van der Waals surface area (Å²) in [5, 5.41) is 0. The normalized spacial score (nSPS) is 16.0. The van der Waals surface area contributed by atoms with Gasteiger partial charge in [0.15, 0.2) is 0 Å². The Bertz CT molecular complexity index is 256. The molecule has 0 saturated carbocycles. The van der Waals surface area contributed by atoms with Crippen LogP contribution in [0.25, 0.3) is 0 Å². The smallest absolute Gasteiger partial charge is 0.309 e. The molecule has 0 aliphatic rings. The van der Waals surface area contributed by atoms with Crippen LogP contribution in [0.5, 0.6) is 0 Å². The number of hydrogen-bond acceptors (Lipinski definition) is 3. The van der Waals surface area contributed by atoms with E-state index in [1.165, 1.54) is 12.8 Å². The van der Waals surface area contributed by atoms with Crippen molar-refractivity contribution in [3.8, 4) is 0 Å². The van der Waals surface area contributed by atoms with Crippen molar-refractivity contribution in [3.63, 3.8) is 0 Å². The van der Waals surface area contributed by atoms with Gasteiger partial charge >= 0.3 is 7.60 Å². The zero-order valence-corrected chi connectivity index (χ0v) is 14.9. The van der Waals surface area contributed by atoms with Crippen LogP contribution in [0.2, 0.25) is 0 Å². The van der Waals surface area contributed by atoms with Crippen LogP contribution in [0, 0.1) is 5.92 Å². The molecule has 0 rings (SSSR count). The minimum Gasteiger partial charge on any atom is -0.309 e. The molecule has 4 heteroatoms. The molecule has 0 aliphatic carbocycles. The molecule has 0 radical (unpaired) electrons. The molecule has 0 saturated heterocycles. The van der Waals surface area contributed by atoms with Gasteiger partial charge in [-0.25, -0.2) is 0 Å². The summed E-state index contributed by atoms with van der Waals surface area (Å²) >= 11 is 0. The topological polar surface area (TPSA) is 35.5 Å². The number of hydrogen-bond donors (Lipinski definition) is 0. The molecule has 0 amide bonds. The van der Waals surface area contributed by atoms with E-state index in [2.05, 4.69) is 27.7 Å². The Kier molecular flexibility index (Phi) is 13.0. The summed E-state index contributed by atoms with van der Waals surface area (Å²) in [5.74, 6) is 0.514. The molecule has 0 spiro atoms. The molecule has 2 unspecified atom stereocenters. The molecule has 0 aromatic heterocycles. The van der Waals surface area contributed by atoms with Crippen molar-refractivity contribution in [1.29, 1.82) is 0 Å². The lowest BCUT2D eigenvalue weighted by atomic mass is 10.0. The summed E-state index contributed by atoms with van der Waals surface area (Å²) < 4.78 is 24.1. The highest BCUT2D eigenvalue weighted by Gasteiger charge is 2.25. The number of unbranched alkanes of at least 4 members (excludes halogenated alkanes) is 3. The second-order valence-electron chi connectivity index (χ2n) is 5.59.